The van der Waals surface area contributed by atoms with Gasteiger partial charge in [-0.3, -0.25) is 9.40 Å². The van der Waals surface area contributed by atoms with Crippen molar-refractivity contribution in [2.75, 3.05) is 11.3 Å². The van der Waals surface area contributed by atoms with E-state index in [1.807, 2.05) is 0 Å². The number of aryl methyl sites for hydroxylation is 1. The molecule has 0 atom stereocenters. The van der Waals surface area contributed by atoms with Gasteiger partial charge in [0.15, 0.2) is 11.5 Å². The molecule has 31 heavy (non-hydrogen) atoms. The Labute approximate surface area is 186 Å². The number of halogens is 5. The van der Waals surface area contributed by atoms with Gasteiger partial charge >= 0.3 is 6.18 Å². The van der Waals surface area contributed by atoms with Crippen molar-refractivity contribution < 1.29 is 26.7 Å². The minimum Gasteiger partial charge on any atom is -0.396 e. The van der Waals surface area contributed by atoms with Gasteiger partial charge in [0.25, 0.3) is 10.0 Å². The molecule has 0 aliphatic carbocycles. The van der Waals surface area contributed by atoms with Crippen LogP contribution in [-0.4, -0.2) is 29.9 Å². The molecule has 2 aromatic carbocycles. The smallest absolute Gasteiger partial charge is 0.396 e. The first kappa shape index (κ1) is 23.4. The summed E-state index contributed by atoms with van der Waals surface area (Å²) < 4.78 is 70.4. The van der Waals surface area contributed by atoms with Gasteiger partial charge in [-0.05, 0) is 30.7 Å². The molecule has 0 saturated heterocycles. The first-order valence-corrected chi connectivity index (χ1v) is 11.1. The Bertz CT molecular complexity index is 1180. The molecule has 166 valence electrons. The Kier molecular flexibility index (Phi) is 6.85. The van der Waals surface area contributed by atoms with Gasteiger partial charge in [0.05, 0.1) is 15.5 Å². The standard InChI is InChI=1S/C19H16Cl2F3N3O3S/c20-12-7-8-14(15(21)11-12)16-17(19(22,23)24)27(9-4-10-28)25-18(16)26-31(29,30)13-5-2-1-3-6-13/h1-3,5-8,11,28H,4,9-10H2,(H,25,26). The van der Waals surface area contributed by atoms with Gasteiger partial charge < -0.3 is 5.11 Å². The lowest BCUT2D eigenvalue weighted by atomic mass is 10.0. The van der Waals surface area contributed by atoms with Crippen molar-refractivity contribution in [1.29, 1.82) is 0 Å². The number of benzene rings is 2. The Morgan fingerprint density at radius 1 is 1.10 bits per heavy atom. The van der Waals surface area contributed by atoms with E-state index in [-0.39, 0.29) is 40.1 Å². The predicted molar refractivity (Wildman–Crippen MR) is 112 cm³/mol. The number of aromatic nitrogens is 2. The molecule has 0 unspecified atom stereocenters. The van der Waals surface area contributed by atoms with Gasteiger partial charge in [0, 0.05) is 23.7 Å². The van der Waals surface area contributed by atoms with Crippen molar-refractivity contribution in [2.24, 2.45) is 0 Å². The second kappa shape index (κ2) is 9.07. The highest BCUT2D eigenvalue weighted by Crippen LogP contribution is 2.44. The second-order valence-corrected chi connectivity index (χ2v) is 8.94. The van der Waals surface area contributed by atoms with E-state index >= 15 is 0 Å². The number of aliphatic hydroxyl groups is 1. The summed E-state index contributed by atoms with van der Waals surface area (Å²) in [6, 6.07) is 11.0. The average molecular weight is 494 g/mol. The minimum atomic E-state index is -4.89. The Morgan fingerprint density at radius 2 is 1.77 bits per heavy atom. The van der Waals surface area contributed by atoms with E-state index in [0.29, 0.717) is 4.68 Å². The molecule has 6 nitrogen and oxygen atoms in total. The van der Waals surface area contributed by atoms with E-state index < -0.39 is 33.3 Å². The largest absolute Gasteiger partial charge is 0.433 e. The Hall–Kier alpha value is -2.27. The highest BCUT2D eigenvalue weighted by molar-refractivity contribution is 7.92. The van der Waals surface area contributed by atoms with Gasteiger partial charge in [-0.1, -0.05) is 47.5 Å². The second-order valence-electron chi connectivity index (χ2n) is 6.41. The summed E-state index contributed by atoms with van der Waals surface area (Å²) >= 11 is 12.0. The zero-order valence-electron chi connectivity index (χ0n) is 15.7. The fourth-order valence-electron chi connectivity index (χ4n) is 2.94. The molecule has 0 aliphatic heterocycles. The van der Waals surface area contributed by atoms with E-state index in [1.54, 1.807) is 6.07 Å². The Morgan fingerprint density at radius 3 is 2.35 bits per heavy atom. The maximum absolute atomic E-state index is 14.0. The lowest BCUT2D eigenvalue weighted by molar-refractivity contribution is -0.143. The van der Waals surface area contributed by atoms with Crippen molar-refractivity contribution in [3.05, 3.63) is 64.3 Å². The lowest BCUT2D eigenvalue weighted by Gasteiger charge is -2.14. The van der Waals surface area contributed by atoms with Crippen molar-refractivity contribution in [3.63, 3.8) is 0 Å². The maximum Gasteiger partial charge on any atom is 0.433 e. The molecule has 0 amide bonds. The van der Waals surface area contributed by atoms with E-state index in [4.69, 9.17) is 28.3 Å². The molecule has 0 radical (unpaired) electrons. The van der Waals surface area contributed by atoms with Crippen LogP contribution in [-0.2, 0) is 22.7 Å². The minimum absolute atomic E-state index is 0.0244. The number of sulfonamides is 1. The zero-order chi connectivity index (χ0) is 22.8. The molecule has 0 bridgehead atoms. The molecule has 1 aromatic heterocycles. The van der Waals surface area contributed by atoms with Crippen molar-refractivity contribution in [2.45, 2.75) is 24.0 Å². The number of aliphatic hydroxyl groups excluding tert-OH is 1. The van der Waals surface area contributed by atoms with Gasteiger partial charge in [-0.15, -0.1) is 0 Å². The summed E-state index contributed by atoms with van der Waals surface area (Å²) in [6.45, 7) is -0.671. The quantitative estimate of drug-likeness (QED) is 0.481. The predicted octanol–water partition coefficient (Wildman–Crippen LogP) is 5.06. The summed E-state index contributed by atoms with van der Waals surface area (Å²) in [5.74, 6) is -0.543. The topological polar surface area (TPSA) is 84.2 Å². The molecular weight excluding hydrogens is 478 g/mol. The van der Waals surface area contributed by atoms with Crippen LogP contribution in [0.5, 0.6) is 0 Å². The number of alkyl halides is 3. The number of nitrogens with zero attached hydrogens (tertiary/aromatic N) is 2. The summed E-state index contributed by atoms with van der Waals surface area (Å²) in [5, 5.41) is 13.0. The number of hydrogen-bond acceptors (Lipinski definition) is 4. The zero-order valence-corrected chi connectivity index (χ0v) is 18.0. The van der Waals surface area contributed by atoms with Crippen molar-refractivity contribution >= 4 is 39.0 Å². The maximum atomic E-state index is 14.0. The first-order chi connectivity index (χ1) is 14.5. The van der Waals surface area contributed by atoms with Crippen LogP contribution in [0.2, 0.25) is 10.0 Å². The fourth-order valence-corrected chi connectivity index (χ4v) is 4.47. The molecule has 2 N–H and O–H groups in total. The molecule has 0 spiro atoms. The van der Waals surface area contributed by atoms with E-state index in [0.717, 1.165) is 0 Å². The highest BCUT2D eigenvalue weighted by atomic mass is 35.5. The van der Waals surface area contributed by atoms with Crippen LogP contribution in [0, 0.1) is 0 Å². The summed E-state index contributed by atoms with van der Waals surface area (Å²) in [5.41, 5.74) is -1.83. The summed E-state index contributed by atoms with van der Waals surface area (Å²) in [4.78, 5) is -0.151. The average Bonchev–Trinajstić information content (AvgIpc) is 3.04. The van der Waals surface area contributed by atoms with Crippen LogP contribution in [0.15, 0.2) is 53.4 Å². The normalized spacial score (nSPS) is 12.2. The molecule has 0 aliphatic rings. The Balaban J connectivity index is 2.26. The van der Waals surface area contributed by atoms with Gasteiger partial charge in [0.1, 0.15) is 0 Å². The van der Waals surface area contributed by atoms with Crippen LogP contribution in [0.3, 0.4) is 0 Å². The van der Waals surface area contributed by atoms with Crippen molar-refractivity contribution in [3.8, 4) is 11.1 Å². The fraction of sp³-hybridized carbons (Fsp3) is 0.211. The molecule has 0 saturated carbocycles. The van der Waals surface area contributed by atoms with E-state index in [2.05, 4.69) is 9.82 Å². The molecule has 12 heteroatoms. The number of hydrogen-bond donors (Lipinski definition) is 2. The van der Waals surface area contributed by atoms with E-state index in [9.17, 15) is 21.6 Å². The van der Waals surface area contributed by atoms with Crippen LogP contribution >= 0.6 is 23.2 Å². The van der Waals surface area contributed by atoms with Gasteiger partial charge in [-0.25, -0.2) is 8.42 Å². The summed E-state index contributed by atoms with van der Waals surface area (Å²) in [7, 11) is -4.25. The molecule has 1 heterocycles. The third-order valence-corrected chi connectivity index (χ3v) is 6.14. The first-order valence-electron chi connectivity index (χ1n) is 8.86. The third-order valence-electron chi connectivity index (χ3n) is 4.23. The summed E-state index contributed by atoms with van der Waals surface area (Å²) in [6.07, 6.45) is -4.92. The van der Waals surface area contributed by atoms with Gasteiger partial charge in [0.2, 0.25) is 0 Å². The lowest BCUT2D eigenvalue weighted by Crippen LogP contribution is -2.16. The monoisotopic (exact) mass is 493 g/mol. The van der Waals surface area contributed by atoms with Crippen LogP contribution in [0.25, 0.3) is 11.1 Å². The molecule has 3 aromatic rings. The van der Waals surface area contributed by atoms with Crippen LogP contribution in [0.4, 0.5) is 19.0 Å². The number of anilines is 1. The SMILES string of the molecule is O=S(=O)(Nc1nn(CCCO)c(C(F)(F)F)c1-c1ccc(Cl)cc1Cl)c1ccccc1. The highest BCUT2D eigenvalue weighted by Gasteiger charge is 2.41. The van der Waals surface area contributed by atoms with Crippen molar-refractivity contribution in [1.82, 2.24) is 9.78 Å². The molecular formula is C19H16Cl2F3N3O3S. The van der Waals surface area contributed by atoms with Crippen LogP contribution < -0.4 is 4.72 Å². The molecule has 3 rings (SSSR count). The van der Waals surface area contributed by atoms with E-state index in [1.165, 1.54) is 42.5 Å². The third kappa shape index (κ3) is 5.15. The number of rotatable bonds is 7. The van der Waals surface area contributed by atoms with Gasteiger partial charge in [-0.2, -0.15) is 18.3 Å². The molecule has 0 fully saturated rings. The number of nitrogens with one attached hydrogen (secondary N) is 1. The van der Waals surface area contributed by atoms with Crippen LogP contribution in [0.1, 0.15) is 12.1 Å².